The molecule has 2 N–H and O–H groups in total. The van der Waals surface area contributed by atoms with Crippen LogP contribution in [0.4, 0.5) is 0 Å². The highest BCUT2D eigenvalue weighted by molar-refractivity contribution is 5.85. The zero-order valence-corrected chi connectivity index (χ0v) is 9.39. The van der Waals surface area contributed by atoms with Crippen LogP contribution in [0.3, 0.4) is 0 Å². The van der Waals surface area contributed by atoms with Crippen LogP contribution in [-0.2, 0) is 9.53 Å². The molecule has 0 aliphatic rings. The van der Waals surface area contributed by atoms with E-state index in [1.54, 1.807) is 0 Å². The van der Waals surface area contributed by atoms with Crippen molar-refractivity contribution >= 4 is 18.4 Å². The van der Waals surface area contributed by atoms with Gasteiger partial charge in [-0.15, -0.1) is 12.4 Å². The van der Waals surface area contributed by atoms with E-state index >= 15 is 0 Å². The quantitative estimate of drug-likeness (QED) is 0.704. The Hall–Kier alpha value is -0.280. The molecule has 0 bridgehead atoms. The number of carbonyl (C=O) groups excluding carboxylic acids is 1. The maximum Gasteiger partial charge on any atom is 0.323 e. The lowest BCUT2D eigenvalue weighted by molar-refractivity contribution is -0.151. The first kappa shape index (κ1) is 15.2. The van der Waals surface area contributed by atoms with Gasteiger partial charge in [0.15, 0.2) is 0 Å². The first-order valence-corrected chi connectivity index (χ1v) is 4.61. The number of hydrogen-bond donors (Lipinski definition) is 1. The summed E-state index contributed by atoms with van der Waals surface area (Å²) >= 11 is 0. The van der Waals surface area contributed by atoms with Crippen molar-refractivity contribution in [3.05, 3.63) is 0 Å². The van der Waals surface area contributed by atoms with Gasteiger partial charge in [0.25, 0.3) is 0 Å². The summed E-state index contributed by atoms with van der Waals surface area (Å²) in [5.74, 6) is -0.272. The highest BCUT2D eigenvalue weighted by Gasteiger charge is 2.16. The van der Waals surface area contributed by atoms with Gasteiger partial charge in [0.05, 0.1) is 0 Å². The Kier molecular flexibility index (Phi) is 9.74. The maximum atomic E-state index is 11.2. The molecule has 1 atom stereocenters. The summed E-state index contributed by atoms with van der Waals surface area (Å²) < 4.78 is 5.14. The van der Waals surface area contributed by atoms with E-state index in [1.807, 2.05) is 20.8 Å². The van der Waals surface area contributed by atoms with Gasteiger partial charge in [0.2, 0.25) is 0 Å². The normalized spacial score (nSPS) is 12.1. The molecule has 0 aromatic carbocycles. The van der Waals surface area contributed by atoms with E-state index in [9.17, 15) is 4.79 Å². The van der Waals surface area contributed by atoms with E-state index in [0.29, 0.717) is 6.42 Å². The van der Waals surface area contributed by atoms with Gasteiger partial charge in [0, 0.05) is 0 Å². The van der Waals surface area contributed by atoms with Gasteiger partial charge in [-0.25, -0.2) is 0 Å². The van der Waals surface area contributed by atoms with Crippen molar-refractivity contribution in [1.29, 1.82) is 0 Å². The summed E-state index contributed by atoms with van der Waals surface area (Å²) in [5.41, 5.74) is 5.50. The van der Waals surface area contributed by atoms with Crippen LogP contribution in [0.5, 0.6) is 0 Å². The summed E-state index contributed by atoms with van der Waals surface area (Å²) in [6.45, 7) is 5.87. The fourth-order valence-corrected chi connectivity index (χ4v) is 0.874. The zero-order valence-electron chi connectivity index (χ0n) is 8.58. The second-order valence-corrected chi connectivity index (χ2v) is 2.89. The van der Waals surface area contributed by atoms with E-state index in [4.69, 9.17) is 10.5 Å². The van der Waals surface area contributed by atoms with E-state index in [-0.39, 0.29) is 24.5 Å². The highest BCUT2D eigenvalue weighted by atomic mass is 35.5. The molecule has 0 saturated heterocycles. The van der Waals surface area contributed by atoms with Crippen molar-refractivity contribution in [3.63, 3.8) is 0 Å². The third-order valence-electron chi connectivity index (χ3n) is 1.94. The average Bonchev–Trinajstić information content (AvgIpc) is 2.12. The van der Waals surface area contributed by atoms with Gasteiger partial charge in [-0.05, 0) is 19.3 Å². The van der Waals surface area contributed by atoms with Crippen LogP contribution >= 0.6 is 12.4 Å². The largest absolute Gasteiger partial charge is 0.461 e. The van der Waals surface area contributed by atoms with Gasteiger partial charge in [-0.1, -0.05) is 20.8 Å². The molecule has 1 unspecified atom stereocenters. The molecule has 13 heavy (non-hydrogen) atoms. The fraction of sp³-hybridized carbons (Fsp3) is 0.889. The highest BCUT2D eigenvalue weighted by Crippen LogP contribution is 2.04. The van der Waals surface area contributed by atoms with Crippen LogP contribution < -0.4 is 5.73 Å². The van der Waals surface area contributed by atoms with Crippen LogP contribution in [0.25, 0.3) is 0 Å². The Morgan fingerprint density at radius 1 is 1.23 bits per heavy atom. The van der Waals surface area contributed by atoms with Gasteiger partial charge >= 0.3 is 5.97 Å². The van der Waals surface area contributed by atoms with E-state index in [1.165, 1.54) is 0 Å². The van der Waals surface area contributed by atoms with Crippen molar-refractivity contribution in [2.75, 3.05) is 0 Å². The summed E-state index contributed by atoms with van der Waals surface area (Å²) in [4.78, 5) is 11.2. The molecule has 3 nitrogen and oxygen atoms in total. The topological polar surface area (TPSA) is 52.3 Å². The van der Waals surface area contributed by atoms with Gasteiger partial charge in [-0.3, -0.25) is 4.79 Å². The molecule has 0 fully saturated rings. The number of nitrogens with two attached hydrogens (primary N) is 1. The number of halogens is 1. The predicted octanol–water partition coefficient (Wildman–Crippen LogP) is 1.88. The number of ether oxygens (including phenoxy) is 1. The molecule has 4 heteroatoms. The van der Waals surface area contributed by atoms with Crippen molar-refractivity contribution in [3.8, 4) is 0 Å². The van der Waals surface area contributed by atoms with Crippen molar-refractivity contribution in [2.45, 2.75) is 52.2 Å². The van der Waals surface area contributed by atoms with Crippen LogP contribution in [0.15, 0.2) is 0 Å². The summed E-state index contributed by atoms with van der Waals surface area (Å²) in [6, 6.07) is -0.453. The fourth-order valence-electron chi connectivity index (χ4n) is 0.874. The minimum atomic E-state index is -0.453. The molecule has 80 valence electrons. The van der Waals surface area contributed by atoms with Crippen molar-refractivity contribution in [1.82, 2.24) is 0 Å². The van der Waals surface area contributed by atoms with Crippen molar-refractivity contribution < 1.29 is 9.53 Å². The monoisotopic (exact) mass is 209 g/mol. The third kappa shape index (κ3) is 5.88. The Bertz CT molecular complexity index is 138. The number of rotatable bonds is 5. The standard InChI is InChI=1S/C9H19NO2.ClH/c1-4-7(5-2)12-9(11)8(10)6-3;/h7-8H,4-6,10H2,1-3H3;1H. The molecule has 0 amide bonds. The van der Waals surface area contributed by atoms with Crippen LogP contribution in [0.2, 0.25) is 0 Å². The third-order valence-corrected chi connectivity index (χ3v) is 1.94. The lowest BCUT2D eigenvalue weighted by atomic mass is 10.2. The number of carbonyl (C=O) groups is 1. The second kappa shape index (κ2) is 8.32. The first-order chi connectivity index (χ1) is 5.65. The number of hydrogen-bond acceptors (Lipinski definition) is 3. The first-order valence-electron chi connectivity index (χ1n) is 4.61. The second-order valence-electron chi connectivity index (χ2n) is 2.89. The molecule has 0 saturated carbocycles. The Labute approximate surface area is 86.4 Å². The van der Waals surface area contributed by atoms with E-state index < -0.39 is 6.04 Å². The minimum Gasteiger partial charge on any atom is -0.461 e. The molecular weight excluding hydrogens is 190 g/mol. The van der Waals surface area contributed by atoms with Crippen molar-refractivity contribution in [2.24, 2.45) is 5.73 Å². The van der Waals surface area contributed by atoms with E-state index in [2.05, 4.69) is 0 Å². The minimum absolute atomic E-state index is 0. The molecule has 0 aromatic rings. The molecule has 0 aromatic heterocycles. The number of esters is 1. The Morgan fingerprint density at radius 3 is 2.00 bits per heavy atom. The smallest absolute Gasteiger partial charge is 0.323 e. The Balaban J connectivity index is 0. The lowest BCUT2D eigenvalue weighted by Gasteiger charge is -2.16. The van der Waals surface area contributed by atoms with Gasteiger partial charge in [0.1, 0.15) is 12.1 Å². The summed E-state index contributed by atoms with van der Waals surface area (Å²) in [6.07, 6.45) is 2.39. The molecule has 0 radical (unpaired) electrons. The predicted molar refractivity (Wildman–Crippen MR) is 56.0 cm³/mol. The van der Waals surface area contributed by atoms with Crippen LogP contribution in [-0.4, -0.2) is 18.1 Å². The van der Waals surface area contributed by atoms with Gasteiger partial charge < -0.3 is 10.5 Å². The van der Waals surface area contributed by atoms with Crippen LogP contribution in [0.1, 0.15) is 40.0 Å². The Morgan fingerprint density at radius 2 is 1.69 bits per heavy atom. The molecule has 0 spiro atoms. The molecular formula is C9H20ClNO2. The summed E-state index contributed by atoms with van der Waals surface area (Å²) in [5, 5.41) is 0. The van der Waals surface area contributed by atoms with Gasteiger partial charge in [-0.2, -0.15) is 0 Å². The summed E-state index contributed by atoms with van der Waals surface area (Å²) in [7, 11) is 0. The lowest BCUT2D eigenvalue weighted by Crippen LogP contribution is -2.34. The molecule has 0 aliphatic carbocycles. The maximum absolute atomic E-state index is 11.2. The molecule has 0 heterocycles. The molecule has 0 aliphatic heterocycles. The van der Waals surface area contributed by atoms with E-state index in [0.717, 1.165) is 12.8 Å². The van der Waals surface area contributed by atoms with Crippen LogP contribution in [0, 0.1) is 0 Å². The average molecular weight is 210 g/mol. The zero-order chi connectivity index (χ0) is 9.56. The molecule has 0 rings (SSSR count). The SMILES string of the molecule is CCC(CC)OC(=O)C(N)CC.Cl.